The van der Waals surface area contributed by atoms with Crippen LogP contribution in [0.15, 0.2) is 21.3 Å². The van der Waals surface area contributed by atoms with Gasteiger partial charge >= 0.3 is 5.63 Å². The van der Waals surface area contributed by atoms with Crippen molar-refractivity contribution in [1.82, 2.24) is 5.32 Å². The van der Waals surface area contributed by atoms with Crippen molar-refractivity contribution in [3.05, 3.63) is 39.2 Å². The molecule has 0 unspecified atom stereocenters. The van der Waals surface area contributed by atoms with Crippen LogP contribution in [0.2, 0.25) is 0 Å². The summed E-state index contributed by atoms with van der Waals surface area (Å²) in [6, 6.07) is 4.08. The molecule has 156 valence electrons. The number of benzene rings is 1. The summed E-state index contributed by atoms with van der Waals surface area (Å²) in [4.78, 5) is 24.6. The lowest BCUT2D eigenvalue weighted by molar-refractivity contribution is -0.123. The molecular formula is C23H30N2O4. The Morgan fingerprint density at radius 2 is 2.00 bits per heavy atom. The number of ether oxygens (including phenoxy) is 1. The van der Waals surface area contributed by atoms with Crippen LogP contribution in [0, 0.1) is 12.8 Å². The van der Waals surface area contributed by atoms with Gasteiger partial charge in [0.15, 0.2) is 6.61 Å². The number of nitrogens with two attached hydrogens (primary N) is 1. The monoisotopic (exact) mass is 398 g/mol. The van der Waals surface area contributed by atoms with Crippen LogP contribution in [0.3, 0.4) is 0 Å². The fraction of sp³-hybridized carbons (Fsp3) is 0.565. The van der Waals surface area contributed by atoms with E-state index in [1.165, 1.54) is 0 Å². The van der Waals surface area contributed by atoms with Crippen LogP contribution in [0.4, 0.5) is 0 Å². The van der Waals surface area contributed by atoms with Gasteiger partial charge in [-0.25, -0.2) is 4.79 Å². The second-order valence-corrected chi connectivity index (χ2v) is 8.50. The van der Waals surface area contributed by atoms with Crippen LogP contribution in [0.25, 0.3) is 11.0 Å². The minimum atomic E-state index is -0.240. The lowest BCUT2D eigenvalue weighted by Gasteiger charge is -2.26. The average molecular weight is 399 g/mol. The van der Waals surface area contributed by atoms with E-state index in [0.717, 1.165) is 73.4 Å². The Hall–Kier alpha value is -2.34. The van der Waals surface area contributed by atoms with Crippen LogP contribution >= 0.6 is 0 Å². The van der Waals surface area contributed by atoms with E-state index in [9.17, 15) is 9.59 Å². The number of nitrogens with one attached hydrogen (secondary N) is 1. The Kier molecular flexibility index (Phi) is 5.90. The molecule has 1 aromatic carbocycles. The van der Waals surface area contributed by atoms with Crippen molar-refractivity contribution in [3.8, 4) is 5.75 Å². The number of hydrogen-bond donors (Lipinski definition) is 2. The number of carbonyl (C=O) groups excluding carboxylic acids is 1. The van der Waals surface area contributed by atoms with Gasteiger partial charge in [0.1, 0.15) is 11.3 Å². The molecule has 6 nitrogen and oxygen atoms in total. The number of amides is 1. The van der Waals surface area contributed by atoms with Gasteiger partial charge < -0.3 is 20.2 Å². The van der Waals surface area contributed by atoms with E-state index >= 15 is 0 Å². The number of rotatable bonds is 5. The molecule has 0 radical (unpaired) electrons. The first-order valence-electron chi connectivity index (χ1n) is 10.8. The van der Waals surface area contributed by atoms with Crippen molar-refractivity contribution in [3.63, 3.8) is 0 Å². The highest BCUT2D eigenvalue weighted by atomic mass is 16.5. The van der Waals surface area contributed by atoms with Crippen molar-refractivity contribution in [2.75, 3.05) is 13.2 Å². The van der Waals surface area contributed by atoms with Gasteiger partial charge in [0, 0.05) is 29.1 Å². The molecule has 0 spiro atoms. The smallest absolute Gasteiger partial charge is 0.339 e. The van der Waals surface area contributed by atoms with Crippen molar-refractivity contribution in [2.45, 2.75) is 64.3 Å². The summed E-state index contributed by atoms with van der Waals surface area (Å²) in [5.41, 5.74) is 9.04. The topological polar surface area (TPSA) is 94.6 Å². The van der Waals surface area contributed by atoms with E-state index in [2.05, 4.69) is 5.32 Å². The maximum Gasteiger partial charge on any atom is 0.339 e. The summed E-state index contributed by atoms with van der Waals surface area (Å²) in [5.74, 6) is 0.882. The maximum absolute atomic E-state index is 12.4. The zero-order chi connectivity index (χ0) is 20.4. The van der Waals surface area contributed by atoms with Gasteiger partial charge in [0.2, 0.25) is 0 Å². The molecule has 1 heterocycles. The largest absolute Gasteiger partial charge is 0.483 e. The molecule has 0 aliphatic heterocycles. The average Bonchev–Trinajstić information content (AvgIpc) is 2.72. The standard InChI is InChI=1S/C23H30N2O4/c1-14-20(28-13-21(26)25-12-15-5-4-6-16(24)11-15)10-9-18-17-7-2-3-8-19(17)23(27)29-22(14)18/h9-10,15-16H,2-8,11-13,24H2,1H3,(H,25,26)/t15-,16+/m1/s1. The van der Waals surface area contributed by atoms with Crippen molar-refractivity contribution < 1.29 is 13.9 Å². The molecule has 2 aromatic rings. The van der Waals surface area contributed by atoms with Crippen molar-refractivity contribution >= 4 is 16.9 Å². The van der Waals surface area contributed by atoms with E-state index in [0.29, 0.717) is 23.8 Å². The second kappa shape index (κ2) is 8.57. The predicted octanol–water partition coefficient (Wildman–Crippen LogP) is 2.99. The molecule has 6 heteroatoms. The first-order chi connectivity index (χ1) is 14.0. The van der Waals surface area contributed by atoms with E-state index in [4.69, 9.17) is 14.9 Å². The summed E-state index contributed by atoms with van der Waals surface area (Å²) in [7, 11) is 0. The number of fused-ring (bicyclic) bond motifs is 3. The van der Waals surface area contributed by atoms with Gasteiger partial charge in [-0.1, -0.05) is 6.42 Å². The Morgan fingerprint density at radius 1 is 1.21 bits per heavy atom. The third kappa shape index (κ3) is 4.32. The highest BCUT2D eigenvalue weighted by molar-refractivity contribution is 5.86. The number of aryl methyl sites for hydroxylation is 2. The van der Waals surface area contributed by atoms with Crippen LogP contribution < -0.4 is 21.4 Å². The van der Waals surface area contributed by atoms with Crippen LogP contribution in [-0.2, 0) is 17.6 Å². The summed E-state index contributed by atoms with van der Waals surface area (Å²) in [6.07, 6.45) is 8.11. The summed E-state index contributed by atoms with van der Waals surface area (Å²) < 4.78 is 11.4. The normalized spacial score (nSPS) is 21.6. The van der Waals surface area contributed by atoms with Crippen LogP contribution in [0.1, 0.15) is 55.2 Å². The molecule has 2 aliphatic rings. The zero-order valence-electron chi connectivity index (χ0n) is 17.1. The molecule has 0 saturated heterocycles. The van der Waals surface area contributed by atoms with Crippen LogP contribution in [-0.4, -0.2) is 25.1 Å². The van der Waals surface area contributed by atoms with Gasteiger partial charge in [-0.15, -0.1) is 0 Å². The van der Waals surface area contributed by atoms with Crippen molar-refractivity contribution in [1.29, 1.82) is 0 Å². The molecule has 4 rings (SSSR count). The Balaban J connectivity index is 1.42. The molecule has 1 fully saturated rings. The number of hydrogen-bond acceptors (Lipinski definition) is 5. The van der Waals surface area contributed by atoms with Crippen LogP contribution in [0.5, 0.6) is 5.75 Å². The first kappa shape index (κ1) is 20.0. The third-order valence-electron chi connectivity index (χ3n) is 6.36. The lowest BCUT2D eigenvalue weighted by atomic mass is 9.86. The molecule has 0 bridgehead atoms. The molecular weight excluding hydrogens is 368 g/mol. The third-order valence-corrected chi connectivity index (χ3v) is 6.36. The predicted molar refractivity (Wildman–Crippen MR) is 112 cm³/mol. The van der Waals surface area contributed by atoms with Gasteiger partial charge in [-0.05, 0) is 75.5 Å². The van der Waals surface area contributed by atoms with Gasteiger partial charge in [0.05, 0.1) is 0 Å². The van der Waals surface area contributed by atoms with E-state index in [1.54, 1.807) is 0 Å². The summed E-state index contributed by atoms with van der Waals surface area (Å²) in [5, 5.41) is 3.95. The molecule has 29 heavy (non-hydrogen) atoms. The molecule has 1 aromatic heterocycles. The second-order valence-electron chi connectivity index (χ2n) is 8.50. The Labute approximate surface area is 170 Å². The molecule has 1 saturated carbocycles. The minimum Gasteiger partial charge on any atom is -0.483 e. The highest BCUT2D eigenvalue weighted by Crippen LogP contribution is 2.32. The highest BCUT2D eigenvalue weighted by Gasteiger charge is 2.21. The quantitative estimate of drug-likeness (QED) is 0.755. The summed E-state index contributed by atoms with van der Waals surface area (Å²) >= 11 is 0. The fourth-order valence-corrected chi connectivity index (χ4v) is 4.75. The lowest BCUT2D eigenvalue weighted by Crippen LogP contribution is -2.37. The molecule has 2 aliphatic carbocycles. The van der Waals surface area contributed by atoms with Gasteiger partial charge in [-0.3, -0.25) is 4.79 Å². The maximum atomic E-state index is 12.4. The zero-order valence-corrected chi connectivity index (χ0v) is 17.1. The minimum absolute atomic E-state index is 0.0553. The van der Waals surface area contributed by atoms with Gasteiger partial charge in [0.25, 0.3) is 5.91 Å². The fourth-order valence-electron chi connectivity index (χ4n) is 4.75. The molecule has 1 amide bonds. The SMILES string of the molecule is Cc1c(OCC(=O)NC[C@@H]2CCC[C@H](N)C2)ccc2c3c(c(=O)oc12)CCCC3. The van der Waals surface area contributed by atoms with E-state index in [1.807, 2.05) is 19.1 Å². The van der Waals surface area contributed by atoms with Crippen molar-refractivity contribution in [2.24, 2.45) is 11.7 Å². The Bertz CT molecular complexity index is 965. The molecule has 3 N–H and O–H groups in total. The van der Waals surface area contributed by atoms with E-state index < -0.39 is 0 Å². The first-order valence-corrected chi connectivity index (χ1v) is 10.8. The number of carbonyl (C=O) groups is 1. The Morgan fingerprint density at radius 3 is 2.79 bits per heavy atom. The summed E-state index contributed by atoms with van der Waals surface area (Å²) in [6.45, 7) is 2.46. The van der Waals surface area contributed by atoms with Gasteiger partial charge in [-0.2, -0.15) is 0 Å². The van der Waals surface area contributed by atoms with E-state index in [-0.39, 0.29) is 24.2 Å². The molecule has 2 atom stereocenters.